The largest absolute Gasteiger partial charge is 0.314 e. The van der Waals surface area contributed by atoms with E-state index < -0.39 is 0 Å². The Balaban J connectivity index is 3.33. The molecule has 0 saturated heterocycles. The maximum Gasteiger partial charge on any atom is 0.00667 e. The molecule has 0 spiro atoms. The molecule has 1 nitrogen and oxygen atoms in total. The second kappa shape index (κ2) is 10.5. The van der Waals surface area contributed by atoms with E-state index in [1.54, 1.807) is 0 Å². The molecule has 15 heavy (non-hydrogen) atoms. The lowest BCUT2D eigenvalue weighted by molar-refractivity contribution is 0.351. The summed E-state index contributed by atoms with van der Waals surface area (Å²) < 4.78 is 0. The van der Waals surface area contributed by atoms with Crippen molar-refractivity contribution >= 4 is 0 Å². The number of unbranched alkanes of at least 4 members (excludes halogenated alkanes) is 4. The standard InChI is InChI=1S/C14H31N/c1-5-8-9-10-11-12-15-13(4)14(6-2)7-3/h13-15H,5-12H2,1-4H3. The van der Waals surface area contributed by atoms with E-state index in [1.165, 1.54) is 51.5 Å². The van der Waals surface area contributed by atoms with E-state index in [0.717, 1.165) is 5.92 Å². The van der Waals surface area contributed by atoms with Gasteiger partial charge in [-0.1, -0.05) is 59.3 Å². The van der Waals surface area contributed by atoms with Crippen LogP contribution in [0.25, 0.3) is 0 Å². The summed E-state index contributed by atoms with van der Waals surface area (Å²) in [6.07, 6.45) is 9.53. The maximum absolute atomic E-state index is 3.66. The predicted molar refractivity (Wildman–Crippen MR) is 70.3 cm³/mol. The minimum Gasteiger partial charge on any atom is -0.314 e. The molecule has 0 aromatic heterocycles. The average molecular weight is 213 g/mol. The SMILES string of the molecule is CCCCCCCNC(C)C(CC)CC. The molecule has 1 N–H and O–H groups in total. The zero-order valence-electron chi connectivity index (χ0n) is 11.3. The van der Waals surface area contributed by atoms with Gasteiger partial charge in [-0.25, -0.2) is 0 Å². The molecular weight excluding hydrogens is 182 g/mol. The molecule has 92 valence electrons. The van der Waals surface area contributed by atoms with Crippen molar-refractivity contribution in [2.75, 3.05) is 6.54 Å². The van der Waals surface area contributed by atoms with Crippen molar-refractivity contribution in [1.29, 1.82) is 0 Å². The fourth-order valence-electron chi connectivity index (χ4n) is 2.22. The first-order chi connectivity index (χ1) is 7.26. The second-order valence-electron chi connectivity index (χ2n) is 4.73. The van der Waals surface area contributed by atoms with Gasteiger partial charge in [0.05, 0.1) is 0 Å². The van der Waals surface area contributed by atoms with Crippen molar-refractivity contribution in [3.63, 3.8) is 0 Å². The van der Waals surface area contributed by atoms with Crippen LogP contribution < -0.4 is 5.32 Å². The van der Waals surface area contributed by atoms with Gasteiger partial charge in [0.2, 0.25) is 0 Å². The van der Waals surface area contributed by atoms with Gasteiger partial charge in [-0.05, 0) is 25.8 Å². The predicted octanol–water partition coefficient (Wildman–Crippen LogP) is 4.37. The first kappa shape index (κ1) is 15.0. The molecule has 0 bridgehead atoms. The van der Waals surface area contributed by atoms with E-state index in [-0.39, 0.29) is 0 Å². The second-order valence-corrected chi connectivity index (χ2v) is 4.73. The van der Waals surface area contributed by atoms with Crippen LogP contribution in [-0.4, -0.2) is 12.6 Å². The number of nitrogens with one attached hydrogen (secondary N) is 1. The van der Waals surface area contributed by atoms with Crippen LogP contribution in [0, 0.1) is 5.92 Å². The van der Waals surface area contributed by atoms with Crippen molar-refractivity contribution in [1.82, 2.24) is 5.32 Å². The summed E-state index contributed by atoms with van der Waals surface area (Å²) in [5.74, 6) is 0.862. The molecule has 0 amide bonds. The third-order valence-corrected chi connectivity index (χ3v) is 3.50. The smallest absolute Gasteiger partial charge is 0.00667 e. The van der Waals surface area contributed by atoms with Gasteiger partial charge in [0.25, 0.3) is 0 Å². The minimum atomic E-state index is 0.700. The summed E-state index contributed by atoms with van der Waals surface area (Å²) in [5.41, 5.74) is 0. The highest BCUT2D eigenvalue weighted by molar-refractivity contribution is 4.69. The van der Waals surface area contributed by atoms with Gasteiger partial charge < -0.3 is 5.32 Å². The van der Waals surface area contributed by atoms with Crippen LogP contribution in [-0.2, 0) is 0 Å². The third kappa shape index (κ3) is 7.84. The molecule has 0 aromatic carbocycles. The van der Waals surface area contributed by atoms with Crippen molar-refractivity contribution in [3.05, 3.63) is 0 Å². The number of rotatable bonds is 10. The molecule has 1 unspecified atom stereocenters. The molecule has 1 heteroatoms. The van der Waals surface area contributed by atoms with Crippen molar-refractivity contribution in [3.8, 4) is 0 Å². The Morgan fingerprint density at radius 3 is 2.00 bits per heavy atom. The summed E-state index contributed by atoms with van der Waals surface area (Å²) in [4.78, 5) is 0. The Morgan fingerprint density at radius 1 is 0.867 bits per heavy atom. The Hall–Kier alpha value is -0.0400. The molecule has 0 aliphatic heterocycles. The van der Waals surface area contributed by atoms with E-state index >= 15 is 0 Å². The van der Waals surface area contributed by atoms with Crippen LogP contribution >= 0.6 is 0 Å². The van der Waals surface area contributed by atoms with Gasteiger partial charge in [-0.15, -0.1) is 0 Å². The molecule has 0 aliphatic carbocycles. The van der Waals surface area contributed by atoms with E-state index in [2.05, 4.69) is 33.0 Å². The van der Waals surface area contributed by atoms with Crippen molar-refractivity contribution < 1.29 is 0 Å². The van der Waals surface area contributed by atoms with E-state index in [4.69, 9.17) is 0 Å². The van der Waals surface area contributed by atoms with E-state index in [9.17, 15) is 0 Å². The van der Waals surface area contributed by atoms with E-state index in [1.807, 2.05) is 0 Å². The molecule has 0 aliphatic rings. The highest BCUT2D eigenvalue weighted by Crippen LogP contribution is 2.12. The molecule has 0 fully saturated rings. The summed E-state index contributed by atoms with van der Waals surface area (Å²) in [6, 6.07) is 0.700. The Morgan fingerprint density at radius 2 is 1.47 bits per heavy atom. The first-order valence-corrected chi connectivity index (χ1v) is 6.99. The molecule has 0 saturated carbocycles. The third-order valence-electron chi connectivity index (χ3n) is 3.50. The van der Waals surface area contributed by atoms with Crippen molar-refractivity contribution in [2.45, 2.75) is 78.7 Å². The monoisotopic (exact) mass is 213 g/mol. The fraction of sp³-hybridized carbons (Fsp3) is 1.00. The molecule has 1 atom stereocenters. The summed E-state index contributed by atoms with van der Waals surface area (Å²) >= 11 is 0. The van der Waals surface area contributed by atoms with Crippen LogP contribution in [0.5, 0.6) is 0 Å². The van der Waals surface area contributed by atoms with E-state index in [0.29, 0.717) is 6.04 Å². The van der Waals surface area contributed by atoms with Crippen LogP contribution in [0.15, 0.2) is 0 Å². The van der Waals surface area contributed by atoms with Gasteiger partial charge in [0.1, 0.15) is 0 Å². The molecule has 0 aromatic rings. The van der Waals surface area contributed by atoms with Gasteiger partial charge in [-0.3, -0.25) is 0 Å². The zero-order chi connectivity index (χ0) is 11.5. The Labute approximate surface area is 97.0 Å². The molecular formula is C14H31N. The molecule has 0 rings (SSSR count). The summed E-state index contributed by atoms with van der Waals surface area (Å²) in [6.45, 7) is 10.4. The first-order valence-electron chi connectivity index (χ1n) is 6.99. The quantitative estimate of drug-likeness (QED) is 0.531. The lowest BCUT2D eigenvalue weighted by atomic mass is 9.95. The maximum atomic E-state index is 3.66. The number of hydrogen-bond acceptors (Lipinski definition) is 1. The topological polar surface area (TPSA) is 12.0 Å². The van der Waals surface area contributed by atoms with Gasteiger partial charge in [0.15, 0.2) is 0 Å². The van der Waals surface area contributed by atoms with Crippen LogP contribution in [0.1, 0.15) is 72.6 Å². The normalized spacial score (nSPS) is 13.4. The average Bonchev–Trinajstić information content (AvgIpc) is 2.25. The lowest BCUT2D eigenvalue weighted by Gasteiger charge is -2.22. The zero-order valence-corrected chi connectivity index (χ0v) is 11.3. The number of hydrogen-bond donors (Lipinski definition) is 1. The lowest BCUT2D eigenvalue weighted by Crippen LogP contribution is -2.33. The van der Waals surface area contributed by atoms with Gasteiger partial charge in [0, 0.05) is 6.04 Å². The van der Waals surface area contributed by atoms with Crippen LogP contribution in [0.3, 0.4) is 0 Å². The fourth-order valence-corrected chi connectivity index (χ4v) is 2.22. The Kier molecular flexibility index (Phi) is 10.4. The minimum absolute atomic E-state index is 0.700. The summed E-state index contributed by atoms with van der Waals surface area (Å²) in [7, 11) is 0. The van der Waals surface area contributed by atoms with Gasteiger partial charge in [-0.2, -0.15) is 0 Å². The Bertz CT molecular complexity index is 119. The van der Waals surface area contributed by atoms with Crippen LogP contribution in [0.2, 0.25) is 0 Å². The molecule has 0 radical (unpaired) electrons. The highest BCUT2D eigenvalue weighted by atomic mass is 14.9. The summed E-state index contributed by atoms with van der Waals surface area (Å²) in [5, 5.41) is 3.66. The van der Waals surface area contributed by atoms with Crippen molar-refractivity contribution in [2.24, 2.45) is 5.92 Å². The van der Waals surface area contributed by atoms with Crippen LogP contribution in [0.4, 0.5) is 0 Å². The van der Waals surface area contributed by atoms with Gasteiger partial charge >= 0.3 is 0 Å². The molecule has 0 heterocycles. The highest BCUT2D eigenvalue weighted by Gasteiger charge is 2.11.